The molecule has 0 saturated carbocycles. The van der Waals surface area contributed by atoms with Crippen LogP contribution in [0.25, 0.3) is 0 Å². The van der Waals surface area contributed by atoms with Gasteiger partial charge < -0.3 is 14.4 Å². The average molecular weight is 341 g/mol. The topological polar surface area (TPSA) is 21.7 Å². The molecule has 0 amide bonds. The summed E-state index contributed by atoms with van der Waals surface area (Å²) in [6.07, 6.45) is 4.59. The van der Waals surface area contributed by atoms with E-state index in [9.17, 15) is 0 Å². The van der Waals surface area contributed by atoms with Crippen molar-refractivity contribution < 1.29 is 9.47 Å². The van der Waals surface area contributed by atoms with Gasteiger partial charge in [0, 0.05) is 31.8 Å². The van der Waals surface area contributed by atoms with Gasteiger partial charge in [-0.1, -0.05) is 68.3 Å². The Morgan fingerprint density at radius 2 is 1.40 bits per heavy atom. The van der Waals surface area contributed by atoms with Crippen molar-refractivity contribution in [3.63, 3.8) is 0 Å². The van der Waals surface area contributed by atoms with Crippen molar-refractivity contribution in [1.82, 2.24) is 0 Å². The molecule has 25 heavy (non-hydrogen) atoms. The summed E-state index contributed by atoms with van der Waals surface area (Å²) in [7, 11) is 4.07. The summed E-state index contributed by atoms with van der Waals surface area (Å²) in [6, 6.07) is 20.6. The van der Waals surface area contributed by atoms with Crippen molar-refractivity contribution in [2.75, 3.05) is 32.2 Å². The van der Waals surface area contributed by atoms with Crippen molar-refractivity contribution in [1.29, 1.82) is 0 Å². The van der Waals surface area contributed by atoms with Crippen molar-refractivity contribution in [3.8, 4) is 0 Å². The van der Waals surface area contributed by atoms with Crippen molar-refractivity contribution in [2.45, 2.75) is 38.4 Å². The average Bonchev–Trinajstić information content (AvgIpc) is 3.14. The van der Waals surface area contributed by atoms with Crippen LogP contribution in [-0.2, 0) is 15.3 Å². The van der Waals surface area contributed by atoms with Gasteiger partial charge in [0.1, 0.15) is 0 Å². The van der Waals surface area contributed by atoms with Crippen LogP contribution >= 0.6 is 0 Å². The summed E-state index contributed by atoms with van der Waals surface area (Å²) in [6.45, 7) is 3.63. The van der Waals surface area contributed by atoms with E-state index in [0.29, 0.717) is 13.2 Å². The van der Waals surface area contributed by atoms with E-state index in [-0.39, 0.29) is 0 Å². The van der Waals surface area contributed by atoms with Gasteiger partial charge in [0.05, 0.1) is 13.2 Å². The van der Waals surface area contributed by atoms with Crippen LogP contribution in [0.1, 0.15) is 38.2 Å². The van der Waals surface area contributed by atoms with Crippen LogP contribution in [0.4, 0.5) is 5.69 Å². The minimum Gasteiger partial charge on any atom is -0.378 e. The van der Waals surface area contributed by atoms with E-state index in [0.717, 1.165) is 18.4 Å². The summed E-state index contributed by atoms with van der Waals surface area (Å²) in [5, 5.41) is 0. The van der Waals surface area contributed by atoms with E-state index < -0.39 is 5.79 Å². The summed E-state index contributed by atoms with van der Waals surface area (Å²) in [5.74, 6) is -0.462. The number of unbranched alkanes of at least 4 members (excludes halogenated alkanes) is 2. The Hall–Kier alpha value is -1.84. The van der Waals surface area contributed by atoms with E-state index in [1.807, 2.05) is 50.5 Å². The van der Waals surface area contributed by atoms with Gasteiger partial charge >= 0.3 is 0 Å². The smallest absolute Gasteiger partial charge is 0.194 e. The minimum absolute atomic E-state index is 0.462. The van der Waals surface area contributed by atoms with Crippen LogP contribution in [-0.4, -0.2) is 27.3 Å². The van der Waals surface area contributed by atoms with Gasteiger partial charge in [-0.3, -0.25) is 0 Å². The second-order valence-corrected chi connectivity index (χ2v) is 6.50. The molecule has 1 saturated heterocycles. The molecule has 3 rings (SSSR count). The molecule has 0 aliphatic carbocycles. The fraction of sp³-hybridized carbons (Fsp3) is 0.455. The van der Waals surface area contributed by atoms with Gasteiger partial charge in [0.25, 0.3) is 0 Å². The molecule has 0 atom stereocenters. The standard InChI is InChI=1S/C14H20O2.C8H11N/c1-2-3-7-10-14(15-11-12-16-14)13-8-5-4-6-9-13;1-9(2)8-6-4-3-5-7-8/h4-6,8-9H,2-3,7,10-12H2,1H3;3-7H,1-2H3. The second kappa shape index (κ2) is 10.2. The normalized spacial score (nSPS) is 15.3. The molecule has 0 aromatic heterocycles. The second-order valence-electron chi connectivity index (χ2n) is 6.50. The number of benzene rings is 2. The number of hydrogen-bond acceptors (Lipinski definition) is 3. The van der Waals surface area contributed by atoms with Gasteiger partial charge in [-0.2, -0.15) is 0 Å². The third-order valence-corrected chi connectivity index (χ3v) is 4.35. The fourth-order valence-corrected chi connectivity index (χ4v) is 2.94. The van der Waals surface area contributed by atoms with Gasteiger partial charge in [0.2, 0.25) is 0 Å². The molecule has 3 nitrogen and oxygen atoms in total. The van der Waals surface area contributed by atoms with Gasteiger partial charge in [-0.25, -0.2) is 0 Å². The van der Waals surface area contributed by atoms with Crippen LogP contribution in [0.2, 0.25) is 0 Å². The lowest BCUT2D eigenvalue weighted by Gasteiger charge is -2.27. The lowest BCUT2D eigenvalue weighted by Crippen LogP contribution is -2.26. The molecule has 0 unspecified atom stereocenters. The molecule has 0 spiro atoms. The van der Waals surface area contributed by atoms with Crippen LogP contribution in [0, 0.1) is 0 Å². The summed E-state index contributed by atoms with van der Waals surface area (Å²) in [4.78, 5) is 2.08. The van der Waals surface area contributed by atoms with Crippen LogP contribution in [0.5, 0.6) is 0 Å². The monoisotopic (exact) mass is 341 g/mol. The number of nitrogens with zero attached hydrogens (tertiary/aromatic N) is 1. The summed E-state index contributed by atoms with van der Waals surface area (Å²) in [5.41, 5.74) is 2.40. The molecule has 1 fully saturated rings. The molecular formula is C22H31NO2. The Morgan fingerprint density at radius 3 is 1.88 bits per heavy atom. The third-order valence-electron chi connectivity index (χ3n) is 4.35. The van der Waals surface area contributed by atoms with E-state index in [1.165, 1.54) is 18.5 Å². The Morgan fingerprint density at radius 1 is 0.840 bits per heavy atom. The van der Waals surface area contributed by atoms with Crippen molar-refractivity contribution in [3.05, 3.63) is 66.2 Å². The molecule has 3 heteroatoms. The quantitative estimate of drug-likeness (QED) is 0.672. The zero-order chi connectivity index (χ0) is 18.0. The zero-order valence-electron chi connectivity index (χ0n) is 15.8. The molecule has 0 bridgehead atoms. The first-order valence-electron chi connectivity index (χ1n) is 9.24. The first kappa shape index (κ1) is 19.5. The lowest BCUT2D eigenvalue weighted by molar-refractivity contribution is -0.171. The number of hydrogen-bond donors (Lipinski definition) is 0. The highest BCUT2D eigenvalue weighted by molar-refractivity contribution is 5.43. The maximum atomic E-state index is 5.85. The van der Waals surface area contributed by atoms with Gasteiger partial charge in [-0.15, -0.1) is 0 Å². The Balaban J connectivity index is 0.000000212. The Labute approximate surface area is 152 Å². The molecule has 1 heterocycles. The molecule has 0 N–H and O–H groups in total. The number of rotatable bonds is 6. The highest BCUT2D eigenvalue weighted by atomic mass is 16.7. The highest BCUT2D eigenvalue weighted by Gasteiger charge is 2.37. The Kier molecular flexibility index (Phi) is 7.96. The van der Waals surface area contributed by atoms with Gasteiger partial charge in [-0.05, 0) is 18.6 Å². The largest absolute Gasteiger partial charge is 0.378 e. The highest BCUT2D eigenvalue weighted by Crippen LogP contribution is 2.36. The molecule has 1 aliphatic rings. The van der Waals surface area contributed by atoms with Crippen LogP contribution in [0.3, 0.4) is 0 Å². The maximum absolute atomic E-state index is 5.85. The molecular weight excluding hydrogens is 310 g/mol. The number of ether oxygens (including phenoxy) is 2. The predicted octanol–water partition coefficient (Wildman–Crippen LogP) is 5.22. The number of para-hydroxylation sites is 1. The summed E-state index contributed by atoms with van der Waals surface area (Å²) >= 11 is 0. The first-order valence-corrected chi connectivity index (χ1v) is 9.24. The van der Waals surface area contributed by atoms with Gasteiger partial charge in [0.15, 0.2) is 5.79 Å². The van der Waals surface area contributed by atoms with Crippen molar-refractivity contribution >= 4 is 5.69 Å². The SMILES string of the molecule is CCCCCC1(c2ccccc2)OCCO1.CN(C)c1ccccc1. The van der Waals surface area contributed by atoms with Crippen molar-refractivity contribution in [2.24, 2.45) is 0 Å². The molecule has 2 aromatic rings. The molecule has 1 aliphatic heterocycles. The fourth-order valence-electron chi connectivity index (χ4n) is 2.94. The Bertz CT molecular complexity index is 577. The third kappa shape index (κ3) is 5.87. The minimum atomic E-state index is -0.462. The van der Waals surface area contributed by atoms with E-state index in [1.54, 1.807) is 0 Å². The van der Waals surface area contributed by atoms with Crippen LogP contribution < -0.4 is 4.90 Å². The van der Waals surface area contributed by atoms with E-state index in [2.05, 4.69) is 36.1 Å². The zero-order valence-corrected chi connectivity index (χ0v) is 15.8. The first-order chi connectivity index (χ1) is 12.2. The predicted molar refractivity (Wildman–Crippen MR) is 105 cm³/mol. The number of anilines is 1. The van der Waals surface area contributed by atoms with E-state index >= 15 is 0 Å². The van der Waals surface area contributed by atoms with Crippen LogP contribution in [0.15, 0.2) is 60.7 Å². The molecule has 0 radical (unpaired) electrons. The maximum Gasteiger partial charge on any atom is 0.194 e. The van der Waals surface area contributed by atoms with E-state index in [4.69, 9.17) is 9.47 Å². The lowest BCUT2D eigenvalue weighted by atomic mass is 9.99. The summed E-state index contributed by atoms with van der Waals surface area (Å²) < 4.78 is 11.7. The molecule has 136 valence electrons. The molecule has 2 aromatic carbocycles.